The fourth-order valence-corrected chi connectivity index (χ4v) is 4.61. The van der Waals surface area contributed by atoms with Gasteiger partial charge in [-0.15, -0.1) is 11.3 Å². The second kappa shape index (κ2) is 6.23. The molecule has 5 nitrogen and oxygen atoms in total. The summed E-state index contributed by atoms with van der Waals surface area (Å²) < 4.78 is 28.7. The number of esters is 1. The maximum atomic E-state index is 12.1. The van der Waals surface area contributed by atoms with Crippen LogP contribution in [0.5, 0.6) is 0 Å². The zero-order valence-electron chi connectivity index (χ0n) is 12.9. The molecule has 1 N–H and O–H groups in total. The number of ether oxygens (including phenoxy) is 1. The van der Waals surface area contributed by atoms with Gasteiger partial charge in [-0.1, -0.05) is 23.7 Å². The molecule has 0 atom stereocenters. The van der Waals surface area contributed by atoms with E-state index in [1.807, 2.05) is 11.4 Å². The summed E-state index contributed by atoms with van der Waals surface area (Å²) in [7, 11) is -1.86. The molecule has 0 bridgehead atoms. The third-order valence-electron chi connectivity index (χ3n) is 3.55. The van der Waals surface area contributed by atoms with Crippen LogP contribution in [0.1, 0.15) is 16.1 Å². The standard InChI is InChI=1S/C16H14ClNO4S2/c1-22-16(19)14-13(15-12(18-14)5-6-23-15)9-3-4-10(11(17)7-9)8-24(2,20)21/h3-7,18H,8H2,1-2H3. The normalized spacial score (nSPS) is 11.8. The number of carbonyl (C=O) groups excluding carboxylic acids is 1. The van der Waals surface area contributed by atoms with E-state index in [2.05, 4.69) is 4.98 Å². The van der Waals surface area contributed by atoms with E-state index in [-0.39, 0.29) is 5.75 Å². The summed E-state index contributed by atoms with van der Waals surface area (Å²) in [5.74, 6) is -0.595. The Morgan fingerprint density at radius 2 is 2.08 bits per heavy atom. The lowest BCUT2D eigenvalue weighted by Crippen LogP contribution is -2.04. The third-order valence-corrected chi connectivity index (χ3v) is 5.67. The molecule has 0 spiro atoms. The van der Waals surface area contributed by atoms with Crippen LogP contribution in [0.3, 0.4) is 0 Å². The summed E-state index contributed by atoms with van der Waals surface area (Å²) >= 11 is 7.76. The Morgan fingerprint density at radius 1 is 1.33 bits per heavy atom. The summed E-state index contributed by atoms with van der Waals surface area (Å²) in [6, 6.07) is 7.00. The van der Waals surface area contributed by atoms with Crippen LogP contribution in [0.25, 0.3) is 21.3 Å². The second-order valence-electron chi connectivity index (χ2n) is 5.41. The molecule has 8 heteroatoms. The molecule has 1 aromatic carbocycles. The maximum Gasteiger partial charge on any atom is 0.355 e. The average Bonchev–Trinajstić information content (AvgIpc) is 3.07. The summed E-state index contributed by atoms with van der Waals surface area (Å²) in [5.41, 5.74) is 3.16. The highest BCUT2D eigenvalue weighted by molar-refractivity contribution is 7.89. The lowest BCUT2D eigenvalue weighted by Gasteiger charge is -2.08. The van der Waals surface area contributed by atoms with E-state index < -0.39 is 15.8 Å². The van der Waals surface area contributed by atoms with Gasteiger partial charge in [0, 0.05) is 16.8 Å². The van der Waals surface area contributed by atoms with Gasteiger partial charge in [-0.3, -0.25) is 0 Å². The number of aromatic amines is 1. The zero-order valence-corrected chi connectivity index (χ0v) is 15.3. The van der Waals surface area contributed by atoms with Gasteiger partial charge >= 0.3 is 5.97 Å². The number of nitrogens with one attached hydrogen (secondary N) is 1. The first-order valence-electron chi connectivity index (χ1n) is 6.94. The van der Waals surface area contributed by atoms with Gasteiger partial charge in [-0.25, -0.2) is 13.2 Å². The van der Waals surface area contributed by atoms with Crippen LogP contribution in [0.2, 0.25) is 5.02 Å². The van der Waals surface area contributed by atoms with E-state index in [4.69, 9.17) is 16.3 Å². The number of hydrogen-bond acceptors (Lipinski definition) is 5. The minimum Gasteiger partial charge on any atom is -0.464 e. The van der Waals surface area contributed by atoms with Crippen LogP contribution < -0.4 is 0 Å². The van der Waals surface area contributed by atoms with Crippen LogP contribution in [-0.4, -0.2) is 32.7 Å². The number of aromatic nitrogens is 1. The first-order valence-corrected chi connectivity index (χ1v) is 10.3. The minimum absolute atomic E-state index is 0.127. The Hall–Kier alpha value is -1.83. The highest BCUT2D eigenvalue weighted by atomic mass is 35.5. The highest BCUT2D eigenvalue weighted by Crippen LogP contribution is 2.37. The molecule has 126 valence electrons. The Kier molecular flexibility index (Phi) is 4.42. The van der Waals surface area contributed by atoms with Crippen LogP contribution >= 0.6 is 22.9 Å². The first-order chi connectivity index (χ1) is 11.3. The molecular weight excluding hydrogens is 370 g/mol. The number of fused-ring (bicyclic) bond motifs is 1. The fourth-order valence-electron chi connectivity index (χ4n) is 2.54. The molecule has 24 heavy (non-hydrogen) atoms. The summed E-state index contributed by atoms with van der Waals surface area (Å²) in [4.78, 5) is 15.1. The van der Waals surface area contributed by atoms with Gasteiger partial charge < -0.3 is 9.72 Å². The molecule has 0 aliphatic heterocycles. The Balaban J connectivity index is 2.15. The van der Waals surface area contributed by atoms with E-state index in [1.54, 1.807) is 18.2 Å². The van der Waals surface area contributed by atoms with Crippen molar-refractivity contribution in [1.29, 1.82) is 0 Å². The van der Waals surface area contributed by atoms with E-state index in [1.165, 1.54) is 18.4 Å². The number of carbonyl (C=O) groups is 1. The number of sulfone groups is 1. The smallest absolute Gasteiger partial charge is 0.355 e. The van der Waals surface area contributed by atoms with Gasteiger partial charge in [0.05, 0.1) is 23.1 Å². The summed E-state index contributed by atoms with van der Waals surface area (Å²) in [6.07, 6.45) is 1.16. The second-order valence-corrected chi connectivity index (χ2v) is 8.87. The molecule has 0 saturated carbocycles. The Labute approximate surface area is 148 Å². The highest BCUT2D eigenvalue weighted by Gasteiger charge is 2.21. The number of rotatable bonds is 4. The van der Waals surface area contributed by atoms with Crippen molar-refractivity contribution in [3.8, 4) is 11.1 Å². The number of halogens is 1. The quantitative estimate of drug-likeness (QED) is 0.693. The Morgan fingerprint density at radius 3 is 2.71 bits per heavy atom. The van der Waals surface area contributed by atoms with Gasteiger partial charge in [0.15, 0.2) is 9.84 Å². The molecule has 0 aliphatic carbocycles. The molecule has 0 aliphatic rings. The molecule has 0 radical (unpaired) electrons. The van der Waals surface area contributed by atoms with Crippen molar-refractivity contribution in [3.05, 3.63) is 45.9 Å². The monoisotopic (exact) mass is 383 g/mol. The van der Waals surface area contributed by atoms with Crippen molar-refractivity contribution in [3.63, 3.8) is 0 Å². The number of hydrogen-bond donors (Lipinski definition) is 1. The van der Waals surface area contributed by atoms with Gasteiger partial charge in [-0.05, 0) is 28.6 Å². The van der Waals surface area contributed by atoms with Crippen molar-refractivity contribution in [2.45, 2.75) is 5.75 Å². The van der Waals surface area contributed by atoms with Crippen LogP contribution in [0.15, 0.2) is 29.6 Å². The molecule has 0 saturated heterocycles. The number of methoxy groups -OCH3 is 1. The molecule has 0 amide bonds. The van der Waals surface area contributed by atoms with Gasteiger partial charge in [0.2, 0.25) is 0 Å². The van der Waals surface area contributed by atoms with E-state index in [9.17, 15) is 13.2 Å². The van der Waals surface area contributed by atoms with Gasteiger partial charge in [-0.2, -0.15) is 0 Å². The van der Waals surface area contributed by atoms with Crippen molar-refractivity contribution >= 4 is 49.0 Å². The van der Waals surface area contributed by atoms with E-state index in [0.717, 1.165) is 22.0 Å². The first kappa shape index (κ1) is 17.0. The van der Waals surface area contributed by atoms with Gasteiger partial charge in [0.1, 0.15) is 5.69 Å². The van der Waals surface area contributed by atoms with Crippen molar-refractivity contribution in [2.24, 2.45) is 0 Å². The third kappa shape index (κ3) is 3.19. The van der Waals surface area contributed by atoms with Crippen LogP contribution in [0, 0.1) is 0 Å². The molecule has 2 aromatic heterocycles. The Bertz CT molecular complexity index is 1030. The van der Waals surface area contributed by atoms with E-state index in [0.29, 0.717) is 21.8 Å². The predicted octanol–water partition coefficient (Wildman–Crippen LogP) is 3.88. The lowest BCUT2D eigenvalue weighted by molar-refractivity contribution is 0.0596. The van der Waals surface area contributed by atoms with Crippen LogP contribution in [0.4, 0.5) is 0 Å². The van der Waals surface area contributed by atoms with Gasteiger partial charge in [0.25, 0.3) is 0 Å². The minimum atomic E-state index is -3.18. The van der Waals surface area contributed by atoms with Crippen molar-refractivity contribution in [1.82, 2.24) is 4.98 Å². The number of benzene rings is 1. The predicted molar refractivity (Wildman–Crippen MR) is 96.5 cm³/mol. The topological polar surface area (TPSA) is 76.2 Å². The summed E-state index contributed by atoms with van der Waals surface area (Å²) in [6.45, 7) is 0. The molecule has 0 unspecified atom stereocenters. The van der Waals surface area contributed by atoms with Crippen molar-refractivity contribution < 1.29 is 17.9 Å². The van der Waals surface area contributed by atoms with Crippen molar-refractivity contribution in [2.75, 3.05) is 13.4 Å². The fraction of sp³-hybridized carbons (Fsp3) is 0.188. The lowest BCUT2D eigenvalue weighted by atomic mass is 10.0. The van der Waals surface area contributed by atoms with E-state index >= 15 is 0 Å². The average molecular weight is 384 g/mol. The summed E-state index contributed by atoms with van der Waals surface area (Å²) in [5, 5.41) is 2.27. The number of thiophene rings is 1. The SMILES string of the molecule is COC(=O)c1[nH]c2ccsc2c1-c1ccc(CS(C)(=O)=O)c(Cl)c1. The van der Waals surface area contributed by atoms with Crippen LogP contribution in [-0.2, 0) is 20.3 Å². The maximum absolute atomic E-state index is 12.1. The molecular formula is C16H14ClNO4S2. The zero-order chi connectivity index (χ0) is 17.5. The largest absolute Gasteiger partial charge is 0.464 e. The molecule has 3 aromatic rings. The molecule has 0 fully saturated rings. The number of H-pyrrole nitrogens is 1. The molecule has 3 rings (SSSR count). The molecule has 2 heterocycles.